The van der Waals surface area contributed by atoms with Crippen LogP contribution in [0.1, 0.15) is 0 Å². The number of carbonyl (C=O) groups excluding carboxylic acids is 2. The van der Waals surface area contributed by atoms with Crippen LogP contribution >= 0.6 is 0 Å². The van der Waals surface area contributed by atoms with Gasteiger partial charge < -0.3 is 53.3 Å². The molecule has 0 aromatic rings. The van der Waals surface area contributed by atoms with Gasteiger partial charge in [0.15, 0.2) is 0 Å². The number of rotatable bonds is 0. The molecule has 0 amide bonds. The fourth-order valence-electron chi connectivity index (χ4n) is 0. The second-order valence-electron chi connectivity index (χ2n) is 1.19. The molecule has 0 saturated carbocycles. The first-order valence-corrected chi connectivity index (χ1v) is 2.17. The third kappa shape index (κ3) is 53.9. The van der Waals surface area contributed by atoms with Gasteiger partial charge in [0.25, 0.3) is 0 Å². The average Bonchev–Trinajstić information content (AvgIpc) is 1.88. The Labute approximate surface area is 109 Å². The first-order valence-electron chi connectivity index (χ1n) is 2.17. The molecule has 0 spiro atoms. The summed E-state index contributed by atoms with van der Waals surface area (Å²) in [5.74, 6) is -8.02. The Kier molecular flexibility index (Phi) is 63.6. The van der Waals surface area contributed by atoms with E-state index >= 15 is 0 Å². The van der Waals surface area contributed by atoms with Crippen LogP contribution in [0.2, 0.25) is 0 Å². The molecule has 0 rings (SSSR count). The molecule has 0 unspecified atom stereocenters. The molecule has 0 aliphatic carbocycles. The van der Waals surface area contributed by atoms with Gasteiger partial charge in [0.2, 0.25) is 0 Å². The second kappa shape index (κ2) is 23.9. The summed E-state index contributed by atoms with van der Waals surface area (Å²) in [4.78, 5) is 36.1. The molecule has 102 valence electrons. The Morgan fingerprint density at radius 3 is 0.824 bits per heavy atom. The van der Waals surface area contributed by atoms with Gasteiger partial charge in [-0.1, -0.05) is 0 Å². The number of aliphatic carboxylic acids is 4. The molecule has 0 radical (unpaired) electrons. The van der Waals surface area contributed by atoms with Crippen LogP contribution in [0, 0.1) is 0 Å². The number of carboxylic acids is 4. The van der Waals surface area contributed by atoms with Crippen LogP contribution in [0.4, 0.5) is 0 Å². The standard InChI is InChI=1S/2C2H2O4.2H3N.2H2O.Ti/c2*3-1(4)2(5)6;;;;;/h2*(H,3,4)(H,5,6);2*1H3;2*1H2;/q;;;;;;+2/p-2. The van der Waals surface area contributed by atoms with Gasteiger partial charge >= 0.3 is 33.7 Å². The van der Waals surface area contributed by atoms with E-state index in [4.69, 9.17) is 39.6 Å². The Morgan fingerprint density at radius 1 is 0.706 bits per heavy atom. The van der Waals surface area contributed by atoms with Gasteiger partial charge in [0.1, 0.15) is 0 Å². The molecule has 12 nitrogen and oxygen atoms in total. The van der Waals surface area contributed by atoms with E-state index in [-0.39, 0.29) is 45.0 Å². The molecule has 12 N–H and O–H groups in total. The van der Waals surface area contributed by atoms with Crippen LogP contribution in [0.5, 0.6) is 0 Å². The largest absolute Gasteiger partial charge is 2.00 e. The molecule has 0 saturated heterocycles. The zero-order valence-electron chi connectivity index (χ0n) is 8.26. The molecule has 0 aromatic carbocycles. The summed E-state index contributed by atoms with van der Waals surface area (Å²) in [5, 5.41) is 32.6. The Morgan fingerprint density at radius 2 is 0.824 bits per heavy atom. The van der Waals surface area contributed by atoms with Crippen LogP contribution in [-0.4, -0.2) is 45.0 Å². The van der Waals surface area contributed by atoms with Crippen LogP contribution in [-0.2, 0) is 40.9 Å². The number of carbonyl (C=O) groups is 4. The van der Waals surface area contributed by atoms with Crippen molar-refractivity contribution in [2.45, 2.75) is 0 Å². The number of hydrogen-bond acceptors (Lipinski definition) is 8. The van der Waals surface area contributed by atoms with Crippen molar-refractivity contribution in [1.29, 1.82) is 0 Å². The second-order valence-corrected chi connectivity index (χ2v) is 1.19. The van der Waals surface area contributed by atoms with Gasteiger partial charge in [-0.2, -0.15) is 0 Å². The van der Waals surface area contributed by atoms with Gasteiger partial charge in [-0.15, -0.1) is 0 Å². The third-order valence-corrected chi connectivity index (χ3v) is 0.350. The topological polar surface area (TPSA) is 288 Å². The minimum atomic E-state index is -2.19. The van der Waals surface area contributed by atoms with E-state index in [2.05, 4.69) is 0 Å². The fourth-order valence-corrected chi connectivity index (χ4v) is 0. The number of carboxylic acid groups (broad SMARTS) is 4. The van der Waals surface area contributed by atoms with Crippen LogP contribution in [0.3, 0.4) is 0 Å². The molecule has 0 aliphatic rings. The summed E-state index contributed by atoms with van der Waals surface area (Å²) >= 11 is 0. The summed E-state index contributed by atoms with van der Waals surface area (Å²) in [5.41, 5.74) is 0. The van der Waals surface area contributed by atoms with Gasteiger partial charge in [-0.05, 0) is 0 Å². The maximum absolute atomic E-state index is 9.10. The summed E-state index contributed by atoms with van der Waals surface area (Å²) in [7, 11) is 0. The molecule has 0 heterocycles. The molecular weight excluding hydrogens is 284 g/mol. The quantitative estimate of drug-likeness (QED) is 0.242. The molecule has 0 aromatic heterocycles. The summed E-state index contributed by atoms with van der Waals surface area (Å²) in [6.07, 6.45) is 0. The third-order valence-electron chi connectivity index (χ3n) is 0.350. The minimum absolute atomic E-state index is 0. The van der Waals surface area contributed by atoms with Crippen molar-refractivity contribution in [3.05, 3.63) is 0 Å². The van der Waals surface area contributed by atoms with Gasteiger partial charge in [0.05, 0.1) is 11.9 Å². The fraction of sp³-hybridized carbons (Fsp3) is 0. The zero-order valence-corrected chi connectivity index (χ0v) is 9.82. The molecule has 0 aliphatic heterocycles. The van der Waals surface area contributed by atoms with Crippen molar-refractivity contribution in [2.75, 3.05) is 0 Å². The Balaban J connectivity index is -0.0000000182. The Hall–Kier alpha value is -1.57. The van der Waals surface area contributed by atoms with Crippen molar-refractivity contribution in [3.63, 3.8) is 0 Å². The molecule has 13 heteroatoms. The van der Waals surface area contributed by atoms with Crippen LogP contribution < -0.4 is 22.5 Å². The van der Waals surface area contributed by atoms with Crippen molar-refractivity contribution < 1.29 is 72.3 Å². The van der Waals surface area contributed by atoms with Crippen molar-refractivity contribution in [1.82, 2.24) is 12.3 Å². The van der Waals surface area contributed by atoms with E-state index in [1.54, 1.807) is 0 Å². The first-order chi connectivity index (χ1) is 5.29. The summed E-state index contributed by atoms with van der Waals surface area (Å²) in [6.45, 7) is 0. The summed E-state index contributed by atoms with van der Waals surface area (Å²) in [6, 6.07) is 0. The van der Waals surface area contributed by atoms with Crippen LogP contribution in [0.25, 0.3) is 0 Å². The smallest absolute Gasteiger partial charge is 0.543 e. The van der Waals surface area contributed by atoms with E-state index in [1.165, 1.54) is 0 Å². The van der Waals surface area contributed by atoms with Crippen LogP contribution in [0.15, 0.2) is 0 Å². The van der Waals surface area contributed by atoms with E-state index in [0.29, 0.717) is 0 Å². The van der Waals surface area contributed by atoms with E-state index in [1.807, 2.05) is 0 Å². The molecule has 17 heavy (non-hydrogen) atoms. The first kappa shape index (κ1) is 45.2. The minimum Gasteiger partial charge on any atom is -0.543 e. The van der Waals surface area contributed by atoms with Crippen molar-refractivity contribution in [2.24, 2.45) is 0 Å². The van der Waals surface area contributed by atoms with Gasteiger partial charge in [0, 0.05) is 0 Å². The molecule has 0 fully saturated rings. The Bertz CT molecular complexity index is 182. The van der Waals surface area contributed by atoms with Gasteiger partial charge in [-0.25, -0.2) is 9.59 Å². The van der Waals surface area contributed by atoms with E-state index in [9.17, 15) is 0 Å². The summed E-state index contributed by atoms with van der Waals surface area (Å²) < 4.78 is 0. The molecule has 0 bridgehead atoms. The predicted octanol–water partition coefficient (Wildman–Crippen LogP) is -5.69. The van der Waals surface area contributed by atoms with E-state index in [0.717, 1.165) is 0 Å². The van der Waals surface area contributed by atoms with E-state index < -0.39 is 23.9 Å². The molecule has 0 atom stereocenters. The average molecular weight is 296 g/mol. The SMILES string of the molecule is N.N.O.O.O=C(O)C(=O)O.O=C([O-])C(=O)[O-].[Ti+2]. The van der Waals surface area contributed by atoms with Gasteiger partial charge in [-0.3, -0.25) is 0 Å². The molecular formula is C4H12N2O10Ti. The predicted molar refractivity (Wildman–Crippen MR) is 42.6 cm³/mol. The van der Waals surface area contributed by atoms with Crippen molar-refractivity contribution >= 4 is 23.9 Å². The van der Waals surface area contributed by atoms with Crippen molar-refractivity contribution in [3.8, 4) is 0 Å². The monoisotopic (exact) mass is 296 g/mol. The zero-order chi connectivity index (χ0) is 10.3. The normalized spacial score (nSPS) is 5.18. The maximum Gasteiger partial charge on any atom is 2.00 e. The number of hydrogen-bond donors (Lipinski definition) is 4. The maximum atomic E-state index is 9.10.